The Balaban J connectivity index is 1.44. The number of ether oxygens (including phenoxy) is 3. The summed E-state index contributed by atoms with van der Waals surface area (Å²) in [4.78, 5) is 23.3. The van der Waals surface area contributed by atoms with E-state index in [0.717, 1.165) is 5.56 Å². The Labute approximate surface area is 144 Å². The molecule has 0 bridgehead atoms. The molecule has 0 radical (unpaired) electrons. The summed E-state index contributed by atoms with van der Waals surface area (Å²) in [6, 6.07) is 4.79. The number of sulfone groups is 1. The van der Waals surface area contributed by atoms with Gasteiger partial charge in [-0.2, -0.15) is 0 Å². The highest BCUT2D eigenvalue weighted by atomic mass is 32.2. The first kappa shape index (κ1) is 17.3. The van der Waals surface area contributed by atoms with Gasteiger partial charge in [0.1, 0.15) is 0 Å². The lowest BCUT2D eigenvalue weighted by atomic mass is 10.2. The number of amides is 1. The van der Waals surface area contributed by atoms with E-state index in [0.29, 0.717) is 17.9 Å². The lowest BCUT2D eigenvalue weighted by molar-refractivity contribution is -0.143. The maximum absolute atomic E-state index is 11.7. The molecule has 2 heterocycles. The van der Waals surface area contributed by atoms with E-state index in [-0.39, 0.29) is 18.3 Å². The Morgan fingerprint density at radius 2 is 2.08 bits per heavy atom. The van der Waals surface area contributed by atoms with Gasteiger partial charge in [-0.15, -0.1) is 0 Å². The van der Waals surface area contributed by atoms with Gasteiger partial charge in [-0.3, -0.25) is 4.79 Å². The van der Waals surface area contributed by atoms with Gasteiger partial charge in [0.25, 0.3) is 5.91 Å². The Morgan fingerprint density at radius 3 is 2.84 bits per heavy atom. The molecule has 0 spiro atoms. The molecule has 0 aromatic heterocycles. The van der Waals surface area contributed by atoms with Gasteiger partial charge >= 0.3 is 5.97 Å². The maximum Gasteiger partial charge on any atom is 0.331 e. The van der Waals surface area contributed by atoms with Crippen molar-refractivity contribution in [3.8, 4) is 11.5 Å². The van der Waals surface area contributed by atoms with Gasteiger partial charge in [-0.05, 0) is 30.2 Å². The molecule has 3 rings (SSSR count). The lowest BCUT2D eigenvalue weighted by Gasteiger charge is -2.10. The molecule has 25 heavy (non-hydrogen) atoms. The van der Waals surface area contributed by atoms with Crippen molar-refractivity contribution in [2.45, 2.75) is 12.5 Å². The Kier molecular flexibility index (Phi) is 4.93. The van der Waals surface area contributed by atoms with E-state index in [2.05, 4.69) is 5.32 Å². The second-order valence-corrected chi connectivity index (χ2v) is 7.95. The molecule has 1 saturated heterocycles. The number of benzene rings is 1. The predicted molar refractivity (Wildman–Crippen MR) is 87.8 cm³/mol. The van der Waals surface area contributed by atoms with Gasteiger partial charge in [0.05, 0.1) is 11.5 Å². The Bertz CT molecular complexity index is 816. The van der Waals surface area contributed by atoms with E-state index in [4.69, 9.17) is 14.2 Å². The second kappa shape index (κ2) is 7.14. The molecule has 1 fully saturated rings. The fourth-order valence-electron chi connectivity index (χ4n) is 2.54. The molecule has 0 unspecified atom stereocenters. The molecule has 8 nitrogen and oxygen atoms in total. The fraction of sp³-hybridized carbons (Fsp3) is 0.375. The van der Waals surface area contributed by atoms with Crippen molar-refractivity contribution in [2.75, 3.05) is 24.9 Å². The summed E-state index contributed by atoms with van der Waals surface area (Å²) in [5.74, 6) is 0.0395. The molecule has 1 atom stereocenters. The predicted octanol–water partition coefficient (Wildman–Crippen LogP) is 0.275. The van der Waals surface area contributed by atoms with Crippen molar-refractivity contribution in [1.29, 1.82) is 0 Å². The molecule has 9 heteroatoms. The molecule has 1 amide bonds. The van der Waals surface area contributed by atoms with Crippen LogP contribution in [0, 0.1) is 0 Å². The normalized spacial score (nSPS) is 20.6. The highest BCUT2D eigenvalue weighted by Gasteiger charge is 2.28. The van der Waals surface area contributed by atoms with E-state index >= 15 is 0 Å². The van der Waals surface area contributed by atoms with Gasteiger partial charge in [-0.25, -0.2) is 13.2 Å². The van der Waals surface area contributed by atoms with Crippen LogP contribution in [-0.4, -0.2) is 51.2 Å². The number of rotatable bonds is 5. The number of hydrogen-bond acceptors (Lipinski definition) is 7. The van der Waals surface area contributed by atoms with Crippen LogP contribution in [0.1, 0.15) is 12.0 Å². The summed E-state index contributed by atoms with van der Waals surface area (Å²) in [7, 11) is -3.07. The third-order valence-electron chi connectivity index (χ3n) is 3.75. The summed E-state index contributed by atoms with van der Waals surface area (Å²) < 4.78 is 37.9. The van der Waals surface area contributed by atoms with Gasteiger partial charge < -0.3 is 19.5 Å². The molecule has 1 aromatic rings. The average molecular weight is 367 g/mol. The molecule has 0 aliphatic carbocycles. The van der Waals surface area contributed by atoms with Crippen LogP contribution in [0.15, 0.2) is 24.3 Å². The van der Waals surface area contributed by atoms with Crippen LogP contribution in [0.4, 0.5) is 0 Å². The molecule has 134 valence electrons. The van der Waals surface area contributed by atoms with E-state index in [1.54, 1.807) is 18.2 Å². The summed E-state index contributed by atoms with van der Waals surface area (Å²) in [6.07, 6.45) is 3.11. The minimum atomic E-state index is -3.07. The average Bonchev–Trinajstić information content (AvgIpc) is 3.16. The first-order chi connectivity index (χ1) is 11.9. The van der Waals surface area contributed by atoms with Crippen LogP contribution in [0.5, 0.6) is 11.5 Å². The van der Waals surface area contributed by atoms with E-state index in [1.165, 1.54) is 12.2 Å². The summed E-state index contributed by atoms with van der Waals surface area (Å²) in [5.41, 5.74) is 0.724. The van der Waals surface area contributed by atoms with Crippen LogP contribution in [0.2, 0.25) is 0 Å². The van der Waals surface area contributed by atoms with Gasteiger partial charge in [0.2, 0.25) is 6.79 Å². The first-order valence-electron chi connectivity index (χ1n) is 7.65. The summed E-state index contributed by atoms with van der Waals surface area (Å²) in [6.45, 7) is -0.289. The topological polar surface area (TPSA) is 108 Å². The molecule has 2 aliphatic heterocycles. The van der Waals surface area contributed by atoms with Gasteiger partial charge in [0.15, 0.2) is 27.9 Å². The fourth-order valence-corrected chi connectivity index (χ4v) is 4.22. The minimum Gasteiger partial charge on any atom is -0.454 e. The van der Waals surface area contributed by atoms with Gasteiger partial charge in [0, 0.05) is 12.1 Å². The van der Waals surface area contributed by atoms with Crippen LogP contribution >= 0.6 is 0 Å². The quantitative estimate of drug-likeness (QED) is 0.588. The van der Waals surface area contributed by atoms with Crippen LogP contribution < -0.4 is 14.8 Å². The third kappa shape index (κ3) is 4.72. The molecular weight excluding hydrogens is 350 g/mol. The highest BCUT2D eigenvalue weighted by Crippen LogP contribution is 2.32. The van der Waals surface area contributed by atoms with Crippen molar-refractivity contribution in [3.05, 3.63) is 29.8 Å². The Morgan fingerprint density at radius 1 is 1.28 bits per heavy atom. The zero-order chi connectivity index (χ0) is 17.9. The molecular formula is C16H17NO7S. The zero-order valence-corrected chi connectivity index (χ0v) is 14.1. The maximum atomic E-state index is 11.7. The monoisotopic (exact) mass is 367 g/mol. The number of nitrogens with one attached hydrogen (secondary N) is 1. The molecule has 1 aromatic carbocycles. The van der Waals surface area contributed by atoms with Crippen LogP contribution in [0.25, 0.3) is 6.08 Å². The van der Waals surface area contributed by atoms with Crippen molar-refractivity contribution < 1.29 is 32.2 Å². The smallest absolute Gasteiger partial charge is 0.331 e. The van der Waals surface area contributed by atoms with E-state index in [9.17, 15) is 18.0 Å². The van der Waals surface area contributed by atoms with E-state index in [1.807, 2.05) is 0 Å². The Hall–Kier alpha value is -2.55. The number of esters is 1. The van der Waals surface area contributed by atoms with E-state index < -0.39 is 34.4 Å². The van der Waals surface area contributed by atoms with Crippen LogP contribution in [0.3, 0.4) is 0 Å². The summed E-state index contributed by atoms with van der Waals surface area (Å²) in [5, 5.41) is 2.54. The van der Waals surface area contributed by atoms with Crippen molar-refractivity contribution >= 4 is 27.8 Å². The third-order valence-corrected chi connectivity index (χ3v) is 5.52. The first-order valence-corrected chi connectivity index (χ1v) is 9.48. The SMILES string of the molecule is O=C(COC(=O)/C=C/c1ccc2c(c1)OCO2)N[C@H]1CCS(=O)(=O)C1. The van der Waals surface area contributed by atoms with Gasteiger partial charge in [-0.1, -0.05) is 6.07 Å². The largest absolute Gasteiger partial charge is 0.454 e. The lowest BCUT2D eigenvalue weighted by Crippen LogP contribution is -2.38. The molecule has 1 N–H and O–H groups in total. The minimum absolute atomic E-state index is 0.0655. The molecule has 2 aliphatic rings. The highest BCUT2D eigenvalue weighted by molar-refractivity contribution is 7.91. The second-order valence-electron chi connectivity index (χ2n) is 5.72. The number of carbonyl (C=O) groups excluding carboxylic acids is 2. The van der Waals surface area contributed by atoms with Crippen molar-refractivity contribution in [2.24, 2.45) is 0 Å². The summed E-state index contributed by atoms with van der Waals surface area (Å²) >= 11 is 0. The standard InChI is InChI=1S/C16H17NO7S/c18-15(17-12-5-6-25(20,21)9-12)8-22-16(19)4-2-11-1-3-13-14(7-11)24-10-23-13/h1-4,7,12H,5-6,8-10H2,(H,17,18)/b4-2+/t12-/m0/s1. The molecule has 0 saturated carbocycles. The zero-order valence-electron chi connectivity index (χ0n) is 13.3. The van der Waals surface area contributed by atoms with Crippen molar-refractivity contribution in [3.63, 3.8) is 0 Å². The van der Waals surface area contributed by atoms with Crippen molar-refractivity contribution in [1.82, 2.24) is 5.32 Å². The number of fused-ring (bicyclic) bond motifs is 1. The van der Waals surface area contributed by atoms with Crippen LogP contribution in [-0.2, 0) is 24.2 Å². The number of carbonyl (C=O) groups is 2. The number of hydrogen-bond donors (Lipinski definition) is 1.